The number of alkyl halides is 3. The molecule has 0 bridgehead atoms. The molecule has 1 aliphatic rings. The summed E-state index contributed by atoms with van der Waals surface area (Å²) in [7, 11) is 0. The van der Waals surface area contributed by atoms with Gasteiger partial charge in [-0.3, -0.25) is 4.90 Å². The summed E-state index contributed by atoms with van der Waals surface area (Å²) in [6.07, 6.45) is -4.41. The Labute approximate surface area is 115 Å². The highest BCUT2D eigenvalue weighted by atomic mass is 19.4. The number of morpholine rings is 1. The molecule has 1 aromatic heterocycles. The van der Waals surface area contributed by atoms with Crippen molar-refractivity contribution in [3.05, 3.63) is 23.9 Å². The quantitative estimate of drug-likeness (QED) is 0.922. The van der Waals surface area contributed by atoms with Crippen LogP contribution in [0.1, 0.15) is 12.6 Å². The SMILES string of the molecule is CC(CN1CCOCC1)Nc1cccc(C(F)(F)F)n1. The molecule has 2 heterocycles. The van der Waals surface area contributed by atoms with Gasteiger partial charge in [0.15, 0.2) is 0 Å². The second-order valence-electron chi connectivity index (χ2n) is 4.86. The number of nitrogens with zero attached hydrogens (tertiary/aromatic N) is 2. The van der Waals surface area contributed by atoms with Crippen molar-refractivity contribution in [3.63, 3.8) is 0 Å². The summed E-state index contributed by atoms with van der Waals surface area (Å²) in [5, 5.41) is 3.01. The maximum atomic E-state index is 12.6. The lowest BCUT2D eigenvalue weighted by atomic mass is 10.2. The number of rotatable bonds is 4. The number of hydrogen-bond donors (Lipinski definition) is 1. The number of halogens is 3. The molecule has 1 fully saturated rings. The summed E-state index contributed by atoms with van der Waals surface area (Å²) in [5.74, 6) is 0.251. The van der Waals surface area contributed by atoms with Gasteiger partial charge in [0.2, 0.25) is 0 Å². The molecule has 2 rings (SSSR count). The zero-order chi connectivity index (χ0) is 14.6. The van der Waals surface area contributed by atoms with Crippen LogP contribution in [-0.4, -0.2) is 48.8 Å². The van der Waals surface area contributed by atoms with Crippen LogP contribution in [0, 0.1) is 0 Å². The molecule has 20 heavy (non-hydrogen) atoms. The van der Waals surface area contributed by atoms with Crippen LogP contribution in [0.15, 0.2) is 18.2 Å². The molecule has 1 unspecified atom stereocenters. The first-order chi connectivity index (χ1) is 9.45. The standard InChI is InChI=1S/C13H18F3N3O/c1-10(9-19-5-7-20-8-6-19)17-12-4-2-3-11(18-12)13(14,15)16/h2-4,10H,5-9H2,1H3,(H,17,18). The molecule has 0 aliphatic carbocycles. The molecule has 0 spiro atoms. The van der Waals surface area contributed by atoms with Gasteiger partial charge in [-0.1, -0.05) is 6.07 Å². The maximum Gasteiger partial charge on any atom is 0.433 e. The Kier molecular flexibility index (Phi) is 4.82. The average Bonchev–Trinajstić information content (AvgIpc) is 2.39. The second kappa shape index (κ2) is 6.41. The zero-order valence-electron chi connectivity index (χ0n) is 11.3. The minimum atomic E-state index is -4.41. The third kappa shape index (κ3) is 4.35. The molecule has 1 aliphatic heterocycles. The van der Waals surface area contributed by atoms with E-state index in [1.54, 1.807) is 6.07 Å². The average molecular weight is 289 g/mol. The Balaban J connectivity index is 1.92. The van der Waals surface area contributed by atoms with Crippen LogP contribution >= 0.6 is 0 Å². The van der Waals surface area contributed by atoms with E-state index in [1.807, 2.05) is 6.92 Å². The minimum Gasteiger partial charge on any atom is -0.379 e. The first-order valence-corrected chi connectivity index (χ1v) is 6.56. The predicted octanol–water partition coefficient (Wildman–Crippen LogP) is 2.23. The number of hydrogen-bond acceptors (Lipinski definition) is 4. The minimum absolute atomic E-state index is 0.0177. The highest BCUT2D eigenvalue weighted by molar-refractivity contribution is 5.37. The molecule has 7 heteroatoms. The van der Waals surface area contributed by atoms with Crippen molar-refractivity contribution in [2.24, 2.45) is 0 Å². The molecular formula is C13H18F3N3O. The van der Waals surface area contributed by atoms with Gasteiger partial charge in [0.05, 0.1) is 13.2 Å². The van der Waals surface area contributed by atoms with E-state index in [2.05, 4.69) is 15.2 Å². The number of pyridine rings is 1. The Morgan fingerprint density at radius 1 is 1.35 bits per heavy atom. The Bertz CT molecular complexity index is 433. The third-order valence-electron chi connectivity index (χ3n) is 3.07. The van der Waals surface area contributed by atoms with Crippen molar-refractivity contribution in [1.82, 2.24) is 9.88 Å². The lowest BCUT2D eigenvalue weighted by Crippen LogP contribution is -2.42. The summed E-state index contributed by atoms with van der Waals surface area (Å²) in [6, 6.07) is 3.90. The van der Waals surface area contributed by atoms with Crippen LogP contribution in [0.5, 0.6) is 0 Å². The molecule has 0 radical (unpaired) electrons. The monoisotopic (exact) mass is 289 g/mol. The van der Waals surface area contributed by atoms with E-state index in [0.717, 1.165) is 25.7 Å². The normalized spacial score (nSPS) is 18.8. The van der Waals surface area contributed by atoms with E-state index in [4.69, 9.17) is 4.74 Å². The van der Waals surface area contributed by atoms with Crippen molar-refractivity contribution in [1.29, 1.82) is 0 Å². The fourth-order valence-corrected chi connectivity index (χ4v) is 2.14. The smallest absolute Gasteiger partial charge is 0.379 e. The molecule has 1 atom stereocenters. The first-order valence-electron chi connectivity index (χ1n) is 6.56. The van der Waals surface area contributed by atoms with E-state index < -0.39 is 11.9 Å². The summed E-state index contributed by atoms with van der Waals surface area (Å²) >= 11 is 0. The molecule has 1 N–H and O–H groups in total. The molecule has 0 saturated carbocycles. The van der Waals surface area contributed by atoms with Gasteiger partial charge in [-0.05, 0) is 19.1 Å². The topological polar surface area (TPSA) is 37.4 Å². The number of nitrogens with one attached hydrogen (secondary N) is 1. The predicted molar refractivity (Wildman–Crippen MR) is 69.6 cm³/mol. The van der Waals surface area contributed by atoms with Gasteiger partial charge in [0.1, 0.15) is 11.5 Å². The fraction of sp³-hybridized carbons (Fsp3) is 0.615. The summed E-state index contributed by atoms with van der Waals surface area (Å²) in [6.45, 7) is 5.78. The van der Waals surface area contributed by atoms with Crippen LogP contribution in [-0.2, 0) is 10.9 Å². The third-order valence-corrected chi connectivity index (χ3v) is 3.07. The van der Waals surface area contributed by atoms with E-state index >= 15 is 0 Å². The van der Waals surface area contributed by atoms with Crippen molar-refractivity contribution >= 4 is 5.82 Å². The van der Waals surface area contributed by atoms with Gasteiger partial charge in [0.25, 0.3) is 0 Å². The highest BCUT2D eigenvalue weighted by Crippen LogP contribution is 2.28. The largest absolute Gasteiger partial charge is 0.433 e. The molecule has 0 amide bonds. The summed E-state index contributed by atoms with van der Waals surface area (Å²) < 4.78 is 43.0. The number of ether oxygens (including phenoxy) is 1. The number of anilines is 1. The van der Waals surface area contributed by atoms with Crippen LogP contribution in [0.2, 0.25) is 0 Å². The van der Waals surface area contributed by atoms with Gasteiger partial charge >= 0.3 is 6.18 Å². The van der Waals surface area contributed by atoms with Crippen molar-refractivity contribution < 1.29 is 17.9 Å². The Morgan fingerprint density at radius 3 is 2.70 bits per heavy atom. The van der Waals surface area contributed by atoms with Gasteiger partial charge in [-0.2, -0.15) is 13.2 Å². The highest BCUT2D eigenvalue weighted by Gasteiger charge is 2.32. The van der Waals surface area contributed by atoms with Crippen molar-refractivity contribution in [3.8, 4) is 0 Å². The lowest BCUT2D eigenvalue weighted by molar-refractivity contribution is -0.141. The summed E-state index contributed by atoms with van der Waals surface area (Å²) in [4.78, 5) is 5.81. The van der Waals surface area contributed by atoms with Crippen LogP contribution in [0.4, 0.5) is 19.0 Å². The van der Waals surface area contributed by atoms with Crippen LogP contribution in [0.3, 0.4) is 0 Å². The van der Waals surface area contributed by atoms with Gasteiger partial charge in [0, 0.05) is 25.7 Å². The Morgan fingerprint density at radius 2 is 2.05 bits per heavy atom. The summed E-state index contributed by atoms with van der Waals surface area (Å²) in [5.41, 5.74) is -0.874. The zero-order valence-corrected chi connectivity index (χ0v) is 11.3. The second-order valence-corrected chi connectivity index (χ2v) is 4.86. The first kappa shape index (κ1) is 15.1. The van der Waals surface area contributed by atoms with E-state index in [-0.39, 0.29) is 11.9 Å². The fourth-order valence-electron chi connectivity index (χ4n) is 2.14. The lowest BCUT2D eigenvalue weighted by Gasteiger charge is -2.29. The molecular weight excluding hydrogens is 271 g/mol. The Hall–Kier alpha value is -1.34. The van der Waals surface area contributed by atoms with Gasteiger partial charge in [-0.25, -0.2) is 4.98 Å². The van der Waals surface area contributed by atoms with Crippen molar-refractivity contribution in [2.75, 3.05) is 38.2 Å². The van der Waals surface area contributed by atoms with E-state index in [9.17, 15) is 13.2 Å². The maximum absolute atomic E-state index is 12.6. The van der Waals surface area contributed by atoms with Crippen molar-refractivity contribution in [2.45, 2.75) is 19.1 Å². The van der Waals surface area contributed by atoms with Crippen LogP contribution < -0.4 is 5.32 Å². The van der Waals surface area contributed by atoms with Gasteiger partial charge < -0.3 is 10.1 Å². The molecule has 1 saturated heterocycles. The van der Waals surface area contributed by atoms with Gasteiger partial charge in [-0.15, -0.1) is 0 Å². The number of aromatic nitrogens is 1. The van der Waals surface area contributed by atoms with E-state index in [0.29, 0.717) is 13.2 Å². The molecule has 0 aromatic carbocycles. The molecule has 112 valence electrons. The van der Waals surface area contributed by atoms with Crippen LogP contribution in [0.25, 0.3) is 0 Å². The van der Waals surface area contributed by atoms with E-state index in [1.165, 1.54) is 6.07 Å². The molecule has 1 aromatic rings. The molecule has 4 nitrogen and oxygen atoms in total.